The molecule has 2 nitrogen and oxygen atoms in total. The molecule has 0 saturated heterocycles. The van der Waals surface area contributed by atoms with Crippen LogP contribution < -0.4 is 4.74 Å². The van der Waals surface area contributed by atoms with Crippen molar-refractivity contribution in [2.45, 2.75) is 20.0 Å². The quantitative estimate of drug-likeness (QED) is 0.748. The van der Waals surface area contributed by atoms with Crippen LogP contribution in [0.1, 0.15) is 25.5 Å². The molecule has 0 aliphatic heterocycles. The maximum Gasteiger partial charge on any atom is 0.136 e. The van der Waals surface area contributed by atoms with Crippen LogP contribution in [0.5, 0.6) is 5.75 Å². The fourth-order valence-electron chi connectivity index (χ4n) is 2.26. The minimum atomic E-state index is 0.0681. The summed E-state index contributed by atoms with van der Waals surface area (Å²) in [4.78, 5) is 2.39. The van der Waals surface area contributed by atoms with Crippen LogP contribution in [0.3, 0.4) is 0 Å². The molecule has 2 aromatic rings. The zero-order valence-electron chi connectivity index (χ0n) is 12.3. The van der Waals surface area contributed by atoms with Crippen molar-refractivity contribution in [3.05, 3.63) is 66.2 Å². The van der Waals surface area contributed by atoms with E-state index in [1.54, 1.807) is 0 Å². The van der Waals surface area contributed by atoms with Gasteiger partial charge in [-0.05, 0) is 30.8 Å². The Morgan fingerprint density at radius 2 is 1.40 bits per heavy atom. The molecular weight excluding hydrogens is 246 g/mol. The molecule has 0 aliphatic rings. The standard InChI is InChI=1S/C18H23NO/c1-3-19(4-2)15-18(16-11-7-5-8-12-16)20-17-13-9-6-10-14-17/h5-14,18H,3-4,15H2,1-2H3/t18-/m0/s1. The molecule has 0 saturated carbocycles. The van der Waals surface area contributed by atoms with Gasteiger partial charge in [-0.25, -0.2) is 0 Å². The fourth-order valence-corrected chi connectivity index (χ4v) is 2.26. The molecule has 0 spiro atoms. The van der Waals surface area contributed by atoms with Gasteiger partial charge >= 0.3 is 0 Å². The Labute approximate surface area is 122 Å². The van der Waals surface area contributed by atoms with Gasteiger partial charge in [-0.15, -0.1) is 0 Å². The topological polar surface area (TPSA) is 12.5 Å². The van der Waals surface area contributed by atoms with E-state index in [0.717, 1.165) is 25.4 Å². The largest absolute Gasteiger partial charge is 0.484 e. The first-order valence-corrected chi connectivity index (χ1v) is 7.32. The highest BCUT2D eigenvalue weighted by atomic mass is 16.5. The maximum atomic E-state index is 6.19. The second-order valence-electron chi connectivity index (χ2n) is 4.82. The highest BCUT2D eigenvalue weighted by molar-refractivity contribution is 5.24. The Morgan fingerprint density at radius 1 is 0.850 bits per heavy atom. The molecule has 0 fully saturated rings. The van der Waals surface area contributed by atoms with Gasteiger partial charge in [0.2, 0.25) is 0 Å². The second-order valence-corrected chi connectivity index (χ2v) is 4.82. The number of hydrogen-bond donors (Lipinski definition) is 0. The van der Waals surface area contributed by atoms with Crippen molar-refractivity contribution in [2.24, 2.45) is 0 Å². The first kappa shape index (κ1) is 14.6. The van der Waals surface area contributed by atoms with Crippen molar-refractivity contribution in [2.75, 3.05) is 19.6 Å². The molecular formula is C18H23NO. The molecule has 2 aromatic carbocycles. The Kier molecular flexibility index (Phi) is 5.63. The monoisotopic (exact) mass is 269 g/mol. The van der Waals surface area contributed by atoms with Gasteiger partial charge in [0.15, 0.2) is 0 Å². The average Bonchev–Trinajstić information content (AvgIpc) is 2.53. The molecule has 0 aliphatic carbocycles. The zero-order chi connectivity index (χ0) is 14.2. The van der Waals surface area contributed by atoms with E-state index in [1.807, 2.05) is 36.4 Å². The summed E-state index contributed by atoms with van der Waals surface area (Å²) in [5.74, 6) is 0.925. The first-order valence-electron chi connectivity index (χ1n) is 7.32. The lowest BCUT2D eigenvalue weighted by Gasteiger charge is -2.26. The molecule has 0 amide bonds. The van der Waals surface area contributed by atoms with Crippen LogP contribution in [-0.4, -0.2) is 24.5 Å². The molecule has 0 bridgehead atoms. The maximum absolute atomic E-state index is 6.19. The van der Waals surface area contributed by atoms with Crippen LogP contribution >= 0.6 is 0 Å². The number of hydrogen-bond acceptors (Lipinski definition) is 2. The van der Waals surface area contributed by atoms with Crippen molar-refractivity contribution in [1.29, 1.82) is 0 Å². The molecule has 2 heteroatoms. The Bertz CT molecular complexity index is 479. The van der Waals surface area contributed by atoms with Gasteiger partial charge in [0.1, 0.15) is 11.9 Å². The number of ether oxygens (including phenoxy) is 1. The number of benzene rings is 2. The molecule has 0 unspecified atom stereocenters. The Morgan fingerprint density at radius 3 is 1.95 bits per heavy atom. The van der Waals surface area contributed by atoms with Gasteiger partial charge < -0.3 is 4.74 Å². The number of rotatable bonds is 7. The van der Waals surface area contributed by atoms with Crippen molar-refractivity contribution in [3.63, 3.8) is 0 Å². The smallest absolute Gasteiger partial charge is 0.136 e. The molecule has 2 rings (SSSR count). The van der Waals surface area contributed by atoms with Crippen LogP contribution in [0.4, 0.5) is 0 Å². The summed E-state index contributed by atoms with van der Waals surface area (Å²) < 4.78 is 6.19. The second kappa shape index (κ2) is 7.71. The van der Waals surface area contributed by atoms with E-state index in [4.69, 9.17) is 4.74 Å². The highest BCUT2D eigenvalue weighted by Crippen LogP contribution is 2.22. The lowest BCUT2D eigenvalue weighted by Crippen LogP contribution is -2.30. The van der Waals surface area contributed by atoms with E-state index < -0.39 is 0 Å². The van der Waals surface area contributed by atoms with Gasteiger partial charge in [-0.1, -0.05) is 62.4 Å². The Balaban J connectivity index is 2.16. The van der Waals surface area contributed by atoms with Crippen molar-refractivity contribution in [1.82, 2.24) is 4.90 Å². The minimum absolute atomic E-state index is 0.0681. The molecule has 106 valence electrons. The molecule has 0 radical (unpaired) electrons. The van der Waals surface area contributed by atoms with Gasteiger partial charge in [-0.2, -0.15) is 0 Å². The van der Waals surface area contributed by atoms with E-state index in [2.05, 4.69) is 43.0 Å². The van der Waals surface area contributed by atoms with Crippen molar-refractivity contribution in [3.8, 4) is 5.75 Å². The van der Waals surface area contributed by atoms with Crippen LogP contribution in [0.2, 0.25) is 0 Å². The summed E-state index contributed by atoms with van der Waals surface area (Å²) in [7, 11) is 0. The summed E-state index contributed by atoms with van der Waals surface area (Å²) >= 11 is 0. The van der Waals surface area contributed by atoms with Gasteiger partial charge in [0.05, 0.1) is 0 Å². The number of para-hydroxylation sites is 1. The fraction of sp³-hybridized carbons (Fsp3) is 0.333. The van der Waals surface area contributed by atoms with Crippen LogP contribution in [0, 0.1) is 0 Å². The predicted molar refractivity (Wildman–Crippen MR) is 84.0 cm³/mol. The van der Waals surface area contributed by atoms with E-state index in [-0.39, 0.29) is 6.10 Å². The number of nitrogens with zero attached hydrogens (tertiary/aromatic N) is 1. The van der Waals surface area contributed by atoms with Crippen molar-refractivity contribution < 1.29 is 4.74 Å². The molecule has 0 aromatic heterocycles. The first-order chi connectivity index (χ1) is 9.83. The van der Waals surface area contributed by atoms with Crippen LogP contribution in [0.15, 0.2) is 60.7 Å². The summed E-state index contributed by atoms with van der Waals surface area (Å²) in [6.07, 6.45) is 0.0681. The molecule has 0 heterocycles. The molecule has 20 heavy (non-hydrogen) atoms. The normalized spacial score (nSPS) is 12.3. The minimum Gasteiger partial charge on any atom is -0.484 e. The summed E-state index contributed by atoms with van der Waals surface area (Å²) in [6.45, 7) is 7.37. The summed E-state index contributed by atoms with van der Waals surface area (Å²) in [6, 6.07) is 20.5. The zero-order valence-corrected chi connectivity index (χ0v) is 12.3. The Hall–Kier alpha value is -1.80. The van der Waals surface area contributed by atoms with Gasteiger partial charge in [0.25, 0.3) is 0 Å². The van der Waals surface area contributed by atoms with E-state index >= 15 is 0 Å². The number of likely N-dealkylation sites (N-methyl/N-ethyl adjacent to an activating group) is 1. The molecule has 1 atom stereocenters. The van der Waals surface area contributed by atoms with Gasteiger partial charge in [-0.3, -0.25) is 4.90 Å². The SMILES string of the molecule is CCN(CC)C[C@H](Oc1ccccc1)c1ccccc1. The van der Waals surface area contributed by atoms with Gasteiger partial charge in [0, 0.05) is 6.54 Å². The van der Waals surface area contributed by atoms with E-state index in [0.29, 0.717) is 0 Å². The third-order valence-electron chi connectivity index (χ3n) is 3.51. The predicted octanol–water partition coefficient (Wildman–Crippen LogP) is 4.15. The van der Waals surface area contributed by atoms with Crippen LogP contribution in [-0.2, 0) is 0 Å². The highest BCUT2D eigenvalue weighted by Gasteiger charge is 2.16. The summed E-state index contributed by atoms with van der Waals surface area (Å²) in [5.41, 5.74) is 1.23. The van der Waals surface area contributed by atoms with E-state index in [9.17, 15) is 0 Å². The lowest BCUT2D eigenvalue weighted by molar-refractivity contribution is 0.140. The third-order valence-corrected chi connectivity index (χ3v) is 3.51. The van der Waals surface area contributed by atoms with Crippen LogP contribution in [0.25, 0.3) is 0 Å². The summed E-state index contributed by atoms with van der Waals surface area (Å²) in [5, 5.41) is 0. The third kappa shape index (κ3) is 4.10. The van der Waals surface area contributed by atoms with E-state index in [1.165, 1.54) is 5.56 Å². The lowest BCUT2D eigenvalue weighted by atomic mass is 10.1. The molecule has 0 N–H and O–H groups in total. The van der Waals surface area contributed by atoms with Crippen molar-refractivity contribution >= 4 is 0 Å². The average molecular weight is 269 g/mol.